The quantitative estimate of drug-likeness (QED) is 0.739. The van der Waals surface area contributed by atoms with Crippen molar-refractivity contribution in [1.82, 2.24) is 0 Å². The Bertz CT molecular complexity index is 323. The van der Waals surface area contributed by atoms with Gasteiger partial charge in [-0.2, -0.15) is 0 Å². The van der Waals surface area contributed by atoms with E-state index >= 15 is 0 Å². The molecular weight excluding hydrogens is 319 g/mol. The van der Waals surface area contributed by atoms with Crippen molar-refractivity contribution >= 4 is 0 Å². The van der Waals surface area contributed by atoms with Crippen LogP contribution in [-0.4, -0.2) is 0 Å². The number of rotatable bonds is 3. The average molecular weight is 340 g/mol. The van der Waals surface area contributed by atoms with Gasteiger partial charge in [-0.05, 0) is 0 Å². The molecule has 2 heteroatoms. The molecule has 3 aliphatic carbocycles. The van der Waals surface area contributed by atoms with Crippen LogP contribution < -0.4 is 12.4 Å². The zero-order chi connectivity index (χ0) is 11.5. The summed E-state index contributed by atoms with van der Waals surface area (Å²) in [5.74, 6) is 0. The second kappa shape index (κ2) is 7.06. The molecule has 0 N–H and O–H groups in total. The third kappa shape index (κ3) is 3.17. The maximum Gasteiger partial charge on any atom is -1.00 e. The summed E-state index contributed by atoms with van der Waals surface area (Å²) in [5.41, 5.74) is 0. The van der Waals surface area contributed by atoms with Crippen molar-refractivity contribution in [3.63, 3.8) is 0 Å². The van der Waals surface area contributed by atoms with E-state index < -0.39 is 21.8 Å². The van der Waals surface area contributed by atoms with Crippen molar-refractivity contribution in [3.8, 4) is 0 Å². The predicted octanol–water partition coefficient (Wildman–Crippen LogP) is 2.19. The fourth-order valence-corrected chi connectivity index (χ4v) is 13.2. The van der Waals surface area contributed by atoms with Gasteiger partial charge in [0.05, 0.1) is 0 Å². The van der Waals surface area contributed by atoms with Crippen molar-refractivity contribution in [2.45, 2.75) is 43.0 Å². The molecule has 0 aromatic rings. The van der Waals surface area contributed by atoms with Gasteiger partial charge in [0.15, 0.2) is 0 Å². The summed E-state index contributed by atoms with van der Waals surface area (Å²) in [6.07, 6.45) is 26.6. The summed E-state index contributed by atoms with van der Waals surface area (Å²) < 4.78 is 2.87. The van der Waals surface area contributed by atoms with Crippen LogP contribution in [-0.2, 0) is 21.8 Å². The number of halogens is 1. The molecule has 0 aromatic heterocycles. The summed E-state index contributed by atoms with van der Waals surface area (Å²) >= 11 is -1.42. The molecule has 0 nitrogen and oxygen atoms in total. The van der Waals surface area contributed by atoms with Crippen molar-refractivity contribution in [2.75, 3.05) is 0 Å². The smallest absolute Gasteiger partial charge is 1.00 e. The molecule has 0 unspecified atom stereocenters. The van der Waals surface area contributed by atoms with Gasteiger partial charge >= 0.3 is 113 Å². The Morgan fingerprint density at radius 3 is 1.56 bits per heavy atom. The molecular formula is C16H21ClZr. The second-order valence-corrected chi connectivity index (χ2v) is 13.2. The molecule has 0 atom stereocenters. The molecule has 0 aromatic carbocycles. The van der Waals surface area contributed by atoms with Gasteiger partial charge in [0.1, 0.15) is 0 Å². The van der Waals surface area contributed by atoms with E-state index in [4.69, 9.17) is 0 Å². The summed E-state index contributed by atoms with van der Waals surface area (Å²) in [4.78, 5) is 0. The largest absolute Gasteiger partial charge is 1.00 e. The van der Waals surface area contributed by atoms with Gasteiger partial charge in [-0.1, -0.05) is 0 Å². The van der Waals surface area contributed by atoms with Crippen molar-refractivity contribution in [3.05, 3.63) is 48.6 Å². The fraction of sp³-hybridized carbons (Fsp3) is 0.500. The van der Waals surface area contributed by atoms with Crippen molar-refractivity contribution in [2.24, 2.45) is 0 Å². The Morgan fingerprint density at radius 2 is 1.11 bits per heavy atom. The fourth-order valence-electron chi connectivity index (χ4n) is 3.51. The minimum Gasteiger partial charge on any atom is -1.00 e. The van der Waals surface area contributed by atoms with Crippen molar-refractivity contribution in [1.29, 1.82) is 0 Å². The molecule has 0 amide bonds. The number of hydrogen-bond donors (Lipinski definition) is 0. The summed E-state index contributed by atoms with van der Waals surface area (Å²) in [5, 5.41) is 0. The first kappa shape index (κ1) is 14.5. The summed E-state index contributed by atoms with van der Waals surface area (Å²) in [6.45, 7) is 0. The summed E-state index contributed by atoms with van der Waals surface area (Å²) in [7, 11) is 0. The minimum atomic E-state index is -1.42. The van der Waals surface area contributed by atoms with E-state index in [9.17, 15) is 0 Å². The Kier molecular flexibility index (Phi) is 5.70. The van der Waals surface area contributed by atoms with Crippen LogP contribution in [0.25, 0.3) is 0 Å². The molecule has 1 fully saturated rings. The first-order chi connectivity index (χ1) is 8.45. The van der Waals surface area contributed by atoms with Crippen LogP contribution in [0.15, 0.2) is 48.6 Å². The number of hydrogen-bond acceptors (Lipinski definition) is 0. The van der Waals surface area contributed by atoms with Gasteiger partial charge in [0.2, 0.25) is 0 Å². The van der Waals surface area contributed by atoms with Gasteiger partial charge in [-0.15, -0.1) is 0 Å². The second-order valence-electron chi connectivity index (χ2n) is 5.43. The summed E-state index contributed by atoms with van der Waals surface area (Å²) in [6, 6.07) is 0. The normalized spacial score (nSPS) is 23.8. The molecule has 18 heavy (non-hydrogen) atoms. The van der Waals surface area contributed by atoms with Crippen LogP contribution in [0.5, 0.6) is 0 Å². The molecule has 0 spiro atoms. The van der Waals surface area contributed by atoms with E-state index in [1.54, 1.807) is 0 Å². The number of allylic oxidation sites excluding steroid dienone is 8. The SMILES string of the molecule is C1=C[CH]([Zr+]([CH]2C=CC=C2)[CH]2CCCCC2)C=C1.[Cl-]. The topological polar surface area (TPSA) is 0 Å². The first-order valence-electron chi connectivity index (χ1n) is 7.02. The Labute approximate surface area is 125 Å². The maximum atomic E-state index is 2.49. The van der Waals surface area contributed by atoms with E-state index in [1.165, 1.54) is 32.1 Å². The first-order valence-corrected chi connectivity index (χ1v) is 11.3. The Balaban J connectivity index is 0.00000120. The van der Waals surface area contributed by atoms with E-state index in [0.717, 1.165) is 10.9 Å². The van der Waals surface area contributed by atoms with Gasteiger partial charge < -0.3 is 12.4 Å². The van der Waals surface area contributed by atoms with Crippen LogP contribution in [0.1, 0.15) is 32.1 Å². The predicted molar refractivity (Wildman–Crippen MR) is 70.9 cm³/mol. The van der Waals surface area contributed by atoms with Gasteiger partial charge in [0, 0.05) is 0 Å². The van der Waals surface area contributed by atoms with E-state index in [2.05, 4.69) is 48.6 Å². The third-order valence-electron chi connectivity index (χ3n) is 4.34. The van der Waals surface area contributed by atoms with Gasteiger partial charge in [-0.3, -0.25) is 0 Å². The molecule has 1 saturated carbocycles. The molecule has 0 radical (unpaired) electrons. The van der Waals surface area contributed by atoms with Gasteiger partial charge in [-0.25, -0.2) is 0 Å². The van der Waals surface area contributed by atoms with Crippen LogP contribution in [0.3, 0.4) is 0 Å². The minimum absolute atomic E-state index is 0. The maximum absolute atomic E-state index is 2.49. The van der Waals surface area contributed by atoms with E-state index in [1.807, 2.05) is 0 Å². The molecule has 3 aliphatic rings. The average Bonchev–Trinajstić information content (AvgIpc) is 3.04. The third-order valence-corrected chi connectivity index (χ3v) is 13.8. The van der Waals surface area contributed by atoms with Crippen molar-refractivity contribution < 1.29 is 34.2 Å². The Hall–Kier alpha value is 0.133. The molecule has 0 heterocycles. The van der Waals surface area contributed by atoms with Gasteiger partial charge in [0.25, 0.3) is 0 Å². The molecule has 0 bridgehead atoms. The zero-order valence-corrected chi connectivity index (χ0v) is 14.0. The molecule has 0 aliphatic heterocycles. The molecule has 3 rings (SSSR count). The van der Waals surface area contributed by atoms with E-state index in [-0.39, 0.29) is 12.4 Å². The monoisotopic (exact) mass is 338 g/mol. The standard InChI is InChI=1S/C6H11.2C5H5.ClH.Zr/c1-2-4-6-5-3-1;2*1-2-4-5-3-1;;/h1H,2-6H2;2*1-5H;1H;/q;;;;+1/p-1. The zero-order valence-electron chi connectivity index (χ0n) is 10.8. The molecule has 96 valence electrons. The van der Waals surface area contributed by atoms with E-state index in [0.29, 0.717) is 0 Å². The van der Waals surface area contributed by atoms with Crippen LogP contribution >= 0.6 is 0 Å². The van der Waals surface area contributed by atoms with Crippen LogP contribution in [0.2, 0.25) is 10.9 Å². The van der Waals surface area contributed by atoms with Crippen LogP contribution in [0, 0.1) is 0 Å². The molecule has 0 saturated heterocycles. The van der Waals surface area contributed by atoms with Crippen LogP contribution in [0.4, 0.5) is 0 Å². The Morgan fingerprint density at radius 1 is 0.667 bits per heavy atom.